The van der Waals surface area contributed by atoms with Crippen molar-refractivity contribution in [2.75, 3.05) is 5.32 Å². The zero-order valence-corrected chi connectivity index (χ0v) is 16.9. The minimum Gasteiger partial charge on any atom is -0.340 e. The predicted octanol–water partition coefficient (Wildman–Crippen LogP) is 5.20. The van der Waals surface area contributed by atoms with Gasteiger partial charge in [0, 0.05) is 23.4 Å². The molecule has 4 rings (SSSR count). The topological polar surface area (TPSA) is 59.3 Å². The summed E-state index contributed by atoms with van der Waals surface area (Å²) in [5, 5.41) is 7.69. The third kappa shape index (κ3) is 4.19. The number of Topliss-reactive ketones (excluding diaryl/α,β-unsaturated/α-hetero) is 1. The van der Waals surface area contributed by atoms with Gasteiger partial charge in [-0.2, -0.15) is 9.61 Å². The van der Waals surface area contributed by atoms with Crippen LogP contribution in [0.15, 0.2) is 72.9 Å². The zero-order chi connectivity index (χ0) is 20.4. The number of hydrogen-bond acceptors (Lipinski definition) is 4. The van der Waals surface area contributed by atoms with Gasteiger partial charge >= 0.3 is 0 Å². The van der Waals surface area contributed by atoms with Gasteiger partial charge in [-0.3, -0.25) is 4.79 Å². The largest absolute Gasteiger partial charge is 0.340 e. The van der Waals surface area contributed by atoms with Gasteiger partial charge in [-0.25, -0.2) is 4.98 Å². The molecule has 0 spiro atoms. The van der Waals surface area contributed by atoms with E-state index < -0.39 is 0 Å². The zero-order valence-electron chi connectivity index (χ0n) is 16.9. The second-order valence-corrected chi connectivity index (χ2v) is 8.15. The van der Waals surface area contributed by atoms with Crippen molar-refractivity contribution in [3.05, 3.63) is 89.7 Å². The number of hydrogen-bond donors (Lipinski definition) is 1. The Morgan fingerprint density at radius 3 is 2.41 bits per heavy atom. The van der Waals surface area contributed by atoms with Crippen molar-refractivity contribution in [3.63, 3.8) is 0 Å². The fourth-order valence-corrected chi connectivity index (χ4v) is 3.24. The summed E-state index contributed by atoms with van der Waals surface area (Å²) in [6.45, 7) is 6.49. The van der Waals surface area contributed by atoms with Crippen molar-refractivity contribution in [2.45, 2.75) is 32.6 Å². The number of fused-ring (bicyclic) bond motifs is 1. The van der Waals surface area contributed by atoms with Crippen LogP contribution in [0.4, 0.5) is 11.5 Å². The molecule has 5 nitrogen and oxygen atoms in total. The van der Waals surface area contributed by atoms with Crippen molar-refractivity contribution < 1.29 is 4.79 Å². The fraction of sp³-hybridized carbons (Fsp3) is 0.208. The summed E-state index contributed by atoms with van der Waals surface area (Å²) in [7, 11) is 0. The number of ketones is 1. The molecule has 0 amide bonds. The van der Waals surface area contributed by atoms with Crippen LogP contribution in [0.3, 0.4) is 0 Å². The molecule has 4 aromatic rings. The van der Waals surface area contributed by atoms with E-state index in [-0.39, 0.29) is 17.6 Å². The van der Waals surface area contributed by atoms with E-state index in [4.69, 9.17) is 0 Å². The van der Waals surface area contributed by atoms with Crippen molar-refractivity contribution in [1.29, 1.82) is 0 Å². The van der Waals surface area contributed by atoms with E-state index >= 15 is 0 Å². The summed E-state index contributed by atoms with van der Waals surface area (Å²) in [6.07, 6.45) is 1.94. The molecule has 0 aliphatic carbocycles. The lowest BCUT2D eigenvalue weighted by Crippen LogP contribution is -2.12. The van der Waals surface area contributed by atoms with Gasteiger partial charge in [0.15, 0.2) is 11.4 Å². The number of nitrogens with one attached hydrogen (secondary N) is 1. The van der Waals surface area contributed by atoms with Crippen LogP contribution in [-0.2, 0) is 11.8 Å². The quantitative estimate of drug-likeness (QED) is 0.481. The predicted molar refractivity (Wildman–Crippen MR) is 116 cm³/mol. The fourth-order valence-electron chi connectivity index (χ4n) is 3.24. The van der Waals surface area contributed by atoms with Gasteiger partial charge in [-0.15, -0.1) is 0 Å². The SMILES string of the molecule is CC(C)(C)c1ccc(C(=O)Cc2cc(Nc3ccccc3)n3nccc3n2)cc1. The lowest BCUT2D eigenvalue weighted by Gasteiger charge is -2.19. The number of rotatable bonds is 5. The van der Waals surface area contributed by atoms with Crippen molar-refractivity contribution in [3.8, 4) is 0 Å². The molecule has 0 aliphatic heterocycles. The van der Waals surface area contributed by atoms with E-state index in [2.05, 4.69) is 36.2 Å². The lowest BCUT2D eigenvalue weighted by molar-refractivity contribution is 0.0992. The highest BCUT2D eigenvalue weighted by atomic mass is 16.1. The summed E-state index contributed by atoms with van der Waals surface area (Å²) >= 11 is 0. The Morgan fingerprint density at radius 2 is 1.72 bits per heavy atom. The third-order valence-electron chi connectivity index (χ3n) is 4.87. The first-order valence-electron chi connectivity index (χ1n) is 9.70. The summed E-state index contributed by atoms with van der Waals surface area (Å²) in [5.74, 6) is 0.824. The van der Waals surface area contributed by atoms with Gasteiger partial charge in [0.25, 0.3) is 0 Å². The average Bonchev–Trinajstić information content (AvgIpc) is 3.17. The molecule has 146 valence electrons. The Morgan fingerprint density at radius 1 is 1.00 bits per heavy atom. The minimum absolute atomic E-state index is 0.0486. The van der Waals surface area contributed by atoms with E-state index in [0.29, 0.717) is 16.9 Å². The molecule has 0 saturated carbocycles. The highest BCUT2D eigenvalue weighted by molar-refractivity contribution is 5.97. The minimum atomic E-state index is 0.0486. The molecular weight excluding hydrogens is 360 g/mol. The molecule has 2 aromatic carbocycles. The molecule has 0 fully saturated rings. The molecule has 0 radical (unpaired) electrons. The standard InChI is InChI=1S/C24H24N4O/c1-24(2,3)18-11-9-17(10-12-18)21(29)15-20-16-23(26-19-7-5-4-6-8-19)28-22(27-20)13-14-25-28/h4-14,16,26H,15H2,1-3H3. The smallest absolute Gasteiger partial charge is 0.168 e. The van der Waals surface area contributed by atoms with E-state index in [0.717, 1.165) is 11.5 Å². The van der Waals surface area contributed by atoms with Crippen molar-refractivity contribution >= 4 is 22.9 Å². The molecule has 1 N–H and O–H groups in total. The van der Waals surface area contributed by atoms with Crippen LogP contribution in [0.1, 0.15) is 42.4 Å². The molecular formula is C24H24N4O. The van der Waals surface area contributed by atoms with Crippen LogP contribution in [0.2, 0.25) is 0 Å². The summed E-state index contributed by atoms with van der Waals surface area (Å²) in [5.41, 5.74) is 4.34. The maximum Gasteiger partial charge on any atom is 0.168 e. The lowest BCUT2D eigenvalue weighted by atomic mass is 9.86. The number of carbonyl (C=O) groups excluding carboxylic acids is 1. The maximum atomic E-state index is 12.8. The van der Waals surface area contributed by atoms with Crippen LogP contribution in [0.5, 0.6) is 0 Å². The number of benzene rings is 2. The van der Waals surface area contributed by atoms with Gasteiger partial charge in [-0.1, -0.05) is 63.2 Å². The molecule has 0 unspecified atom stereocenters. The van der Waals surface area contributed by atoms with Crippen molar-refractivity contribution in [2.24, 2.45) is 0 Å². The van der Waals surface area contributed by atoms with Gasteiger partial charge in [0.2, 0.25) is 0 Å². The first-order valence-corrected chi connectivity index (χ1v) is 9.70. The Bertz CT molecular complexity index is 1140. The van der Waals surface area contributed by atoms with E-state index in [1.807, 2.05) is 66.7 Å². The molecule has 0 aliphatic rings. The maximum absolute atomic E-state index is 12.8. The summed E-state index contributed by atoms with van der Waals surface area (Å²) < 4.78 is 1.74. The second-order valence-electron chi connectivity index (χ2n) is 8.15. The van der Waals surface area contributed by atoms with Gasteiger partial charge < -0.3 is 5.32 Å². The van der Waals surface area contributed by atoms with E-state index in [9.17, 15) is 4.79 Å². The Kier molecular flexibility index (Phi) is 4.89. The molecule has 5 heteroatoms. The number of nitrogens with zero attached hydrogens (tertiary/aromatic N) is 3. The normalized spacial score (nSPS) is 11.6. The molecule has 0 bridgehead atoms. The van der Waals surface area contributed by atoms with Gasteiger partial charge in [0.1, 0.15) is 5.82 Å². The molecule has 2 heterocycles. The third-order valence-corrected chi connectivity index (χ3v) is 4.87. The number of anilines is 2. The highest BCUT2D eigenvalue weighted by Crippen LogP contribution is 2.23. The number of para-hydroxylation sites is 1. The Balaban J connectivity index is 1.60. The van der Waals surface area contributed by atoms with Gasteiger partial charge in [-0.05, 0) is 23.1 Å². The van der Waals surface area contributed by atoms with E-state index in [1.54, 1.807) is 10.7 Å². The van der Waals surface area contributed by atoms with Gasteiger partial charge in [0.05, 0.1) is 18.3 Å². The monoisotopic (exact) mass is 384 g/mol. The molecule has 29 heavy (non-hydrogen) atoms. The number of carbonyl (C=O) groups is 1. The molecule has 0 saturated heterocycles. The van der Waals surface area contributed by atoms with Crippen molar-refractivity contribution in [1.82, 2.24) is 14.6 Å². The Labute approximate surface area is 170 Å². The van der Waals surface area contributed by atoms with Crippen LogP contribution in [0.25, 0.3) is 5.65 Å². The second kappa shape index (κ2) is 7.51. The van der Waals surface area contributed by atoms with Crippen LogP contribution in [0, 0.1) is 0 Å². The van der Waals surface area contributed by atoms with E-state index in [1.165, 1.54) is 5.56 Å². The van der Waals surface area contributed by atoms with Crippen LogP contribution < -0.4 is 5.32 Å². The Hall–Kier alpha value is -3.47. The number of aromatic nitrogens is 3. The summed E-state index contributed by atoms with van der Waals surface area (Å²) in [6, 6.07) is 21.5. The first-order chi connectivity index (χ1) is 13.9. The molecule has 0 atom stereocenters. The summed E-state index contributed by atoms with van der Waals surface area (Å²) in [4.78, 5) is 17.4. The average molecular weight is 384 g/mol. The molecule has 2 aromatic heterocycles. The van der Waals surface area contributed by atoms with Crippen LogP contribution >= 0.6 is 0 Å². The highest BCUT2D eigenvalue weighted by Gasteiger charge is 2.16. The van der Waals surface area contributed by atoms with Crippen LogP contribution in [-0.4, -0.2) is 20.4 Å². The first kappa shape index (κ1) is 18.9.